The smallest absolute Gasteiger partial charge is 0.416 e. The minimum absolute atomic E-state index is 0.00565. The Labute approximate surface area is 143 Å². The molecule has 4 nitrogen and oxygen atoms in total. The summed E-state index contributed by atoms with van der Waals surface area (Å²) in [5.74, 6) is -0.984. The van der Waals surface area contributed by atoms with Gasteiger partial charge in [0.25, 0.3) is 0 Å². The second-order valence-corrected chi connectivity index (χ2v) is 6.07. The van der Waals surface area contributed by atoms with Gasteiger partial charge in [0, 0.05) is 15.6 Å². The van der Waals surface area contributed by atoms with Crippen LogP contribution in [0.2, 0.25) is 0 Å². The molecule has 2 aromatic carbocycles. The van der Waals surface area contributed by atoms with E-state index < -0.39 is 23.8 Å². The van der Waals surface area contributed by atoms with Crippen molar-refractivity contribution in [3.63, 3.8) is 0 Å². The van der Waals surface area contributed by atoms with Crippen molar-refractivity contribution < 1.29 is 23.1 Å². The number of carboxylic acid groups (broad SMARTS) is 1. The monoisotopic (exact) mass is 398 g/mol. The first-order valence-corrected chi connectivity index (χ1v) is 7.60. The molecule has 1 aliphatic heterocycles. The van der Waals surface area contributed by atoms with Crippen molar-refractivity contribution in [3.05, 3.63) is 63.6 Å². The zero-order valence-electron chi connectivity index (χ0n) is 11.9. The highest BCUT2D eigenvalue weighted by Crippen LogP contribution is 2.37. The van der Waals surface area contributed by atoms with Gasteiger partial charge in [0.2, 0.25) is 0 Å². The highest BCUT2D eigenvalue weighted by molar-refractivity contribution is 9.10. The number of nitrogens with zero attached hydrogens (tertiary/aromatic N) is 1. The second-order valence-electron chi connectivity index (χ2n) is 5.15. The summed E-state index contributed by atoms with van der Waals surface area (Å²) in [6.07, 6.45) is -4.52. The zero-order valence-corrected chi connectivity index (χ0v) is 13.5. The molecular weight excluding hydrogens is 389 g/mol. The van der Waals surface area contributed by atoms with E-state index in [9.17, 15) is 23.1 Å². The standard InChI is InChI=1S/C16H10BrF3N2O2/c17-10-4-1-8(2-5-10)14-21-12-7-9(16(18,19)20)3-6-11(12)13(22-14)15(23)24/h1-7,13H,(H,21,22)(H,23,24). The Morgan fingerprint density at radius 1 is 1.17 bits per heavy atom. The lowest BCUT2D eigenvalue weighted by atomic mass is 9.99. The Kier molecular flexibility index (Phi) is 4.08. The molecule has 0 amide bonds. The summed E-state index contributed by atoms with van der Waals surface area (Å²) in [5.41, 5.74) is -0.107. The van der Waals surface area contributed by atoms with Gasteiger partial charge in [-0.25, -0.2) is 9.79 Å². The van der Waals surface area contributed by atoms with E-state index >= 15 is 0 Å². The summed E-state index contributed by atoms with van der Waals surface area (Å²) >= 11 is 3.28. The summed E-state index contributed by atoms with van der Waals surface area (Å²) in [6.45, 7) is 0. The maximum absolute atomic E-state index is 12.9. The van der Waals surface area contributed by atoms with Crippen LogP contribution in [0.4, 0.5) is 18.9 Å². The van der Waals surface area contributed by atoms with Gasteiger partial charge in [-0.1, -0.05) is 34.1 Å². The van der Waals surface area contributed by atoms with E-state index in [0.717, 1.165) is 22.7 Å². The minimum Gasteiger partial charge on any atom is -0.479 e. The van der Waals surface area contributed by atoms with Crippen molar-refractivity contribution in [2.75, 3.05) is 0 Å². The first-order valence-electron chi connectivity index (χ1n) is 6.81. The van der Waals surface area contributed by atoms with E-state index in [2.05, 4.69) is 26.2 Å². The molecular formula is C16H10BrF3N2O2. The number of benzene rings is 2. The van der Waals surface area contributed by atoms with E-state index in [1.54, 1.807) is 24.3 Å². The van der Waals surface area contributed by atoms with Crippen LogP contribution in [-0.4, -0.2) is 16.9 Å². The van der Waals surface area contributed by atoms with Crippen LogP contribution in [0, 0.1) is 0 Å². The minimum atomic E-state index is -4.52. The Morgan fingerprint density at radius 3 is 2.42 bits per heavy atom. The third-order valence-electron chi connectivity index (χ3n) is 3.55. The first-order chi connectivity index (χ1) is 11.3. The van der Waals surface area contributed by atoms with Crippen LogP contribution in [0.15, 0.2) is 51.9 Å². The Morgan fingerprint density at radius 2 is 1.83 bits per heavy atom. The number of carbonyl (C=O) groups is 1. The van der Waals surface area contributed by atoms with Gasteiger partial charge >= 0.3 is 12.1 Å². The summed E-state index contributed by atoms with van der Waals surface area (Å²) in [6, 6.07) is 8.54. The average molecular weight is 399 g/mol. The lowest BCUT2D eigenvalue weighted by Gasteiger charge is -2.25. The number of hydrogen-bond acceptors (Lipinski definition) is 3. The lowest BCUT2D eigenvalue weighted by Crippen LogP contribution is -2.36. The van der Waals surface area contributed by atoms with Crippen LogP contribution >= 0.6 is 15.9 Å². The van der Waals surface area contributed by atoms with Gasteiger partial charge in [-0.15, -0.1) is 0 Å². The average Bonchev–Trinajstić information content (AvgIpc) is 2.53. The van der Waals surface area contributed by atoms with Gasteiger partial charge in [0.1, 0.15) is 5.84 Å². The summed E-state index contributed by atoms with van der Waals surface area (Å²) in [7, 11) is 0. The van der Waals surface area contributed by atoms with E-state index in [-0.39, 0.29) is 17.1 Å². The molecule has 24 heavy (non-hydrogen) atoms. The fourth-order valence-corrected chi connectivity index (χ4v) is 2.64. The molecule has 0 radical (unpaired) electrons. The molecule has 1 unspecified atom stereocenters. The Bertz CT molecular complexity index is 832. The third-order valence-corrected chi connectivity index (χ3v) is 4.08. The van der Waals surface area contributed by atoms with Crippen molar-refractivity contribution in [2.45, 2.75) is 12.2 Å². The fourth-order valence-electron chi connectivity index (χ4n) is 2.38. The number of halogens is 4. The van der Waals surface area contributed by atoms with Crippen LogP contribution in [0.3, 0.4) is 0 Å². The number of nitrogens with one attached hydrogen (secondary N) is 1. The van der Waals surface area contributed by atoms with Crippen LogP contribution < -0.4 is 5.32 Å². The predicted octanol–water partition coefficient (Wildman–Crippen LogP) is 4.28. The lowest BCUT2D eigenvalue weighted by molar-refractivity contribution is -0.139. The van der Waals surface area contributed by atoms with Gasteiger partial charge in [-0.2, -0.15) is 13.2 Å². The molecule has 0 saturated carbocycles. The molecule has 0 saturated heterocycles. The fraction of sp³-hybridized carbons (Fsp3) is 0.125. The molecule has 0 aliphatic carbocycles. The molecule has 124 valence electrons. The van der Waals surface area contributed by atoms with Crippen molar-refractivity contribution >= 4 is 33.4 Å². The van der Waals surface area contributed by atoms with Crippen LogP contribution in [0.5, 0.6) is 0 Å². The highest BCUT2D eigenvalue weighted by atomic mass is 79.9. The molecule has 0 spiro atoms. The van der Waals surface area contributed by atoms with E-state index in [1.165, 1.54) is 0 Å². The van der Waals surface area contributed by atoms with Crippen molar-refractivity contribution in [3.8, 4) is 0 Å². The number of aliphatic carboxylic acids is 1. The number of fused-ring (bicyclic) bond motifs is 1. The molecule has 3 rings (SSSR count). The molecule has 2 aromatic rings. The Hall–Kier alpha value is -2.35. The highest BCUT2D eigenvalue weighted by Gasteiger charge is 2.34. The Balaban J connectivity index is 2.12. The SMILES string of the molecule is O=C(O)C1NC(c2ccc(Br)cc2)=Nc2cc(C(F)(F)F)ccc21. The number of alkyl halides is 3. The third kappa shape index (κ3) is 3.14. The maximum Gasteiger partial charge on any atom is 0.416 e. The van der Waals surface area contributed by atoms with Gasteiger partial charge in [-0.05, 0) is 24.3 Å². The zero-order chi connectivity index (χ0) is 17.5. The van der Waals surface area contributed by atoms with E-state index in [1.807, 2.05) is 0 Å². The molecule has 8 heteroatoms. The normalized spacial score (nSPS) is 16.8. The largest absolute Gasteiger partial charge is 0.479 e. The molecule has 1 aliphatic rings. The molecule has 1 atom stereocenters. The maximum atomic E-state index is 12.9. The van der Waals surface area contributed by atoms with E-state index in [4.69, 9.17) is 0 Å². The molecule has 0 fully saturated rings. The van der Waals surface area contributed by atoms with E-state index in [0.29, 0.717) is 5.56 Å². The van der Waals surface area contributed by atoms with Gasteiger partial charge in [0.15, 0.2) is 6.04 Å². The first kappa shape index (κ1) is 16.5. The van der Waals surface area contributed by atoms with Crippen LogP contribution in [0.25, 0.3) is 0 Å². The van der Waals surface area contributed by atoms with Crippen LogP contribution in [-0.2, 0) is 11.0 Å². The molecule has 2 N–H and O–H groups in total. The van der Waals surface area contributed by atoms with Crippen molar-refractivity contribution in [1.82, 2.24) is 5.32 Å². The second kappa shape index (κ2) is 5.94. The number of carboxylic acids is 1. The summed E-state index contributed by atoms with van der Waals surface area (Å²) < 4.78 is 39.5. The topological polar surface area (TPSA) is 61.7 Å². The number of aliphatic imine (C=N–C) groups is 1. The molecule has 0 aromatic heterocycles. The molecule has 1 heterocycles. The number of rotatable bonds is 2. The van der Waals surface area contributed by atoms with Gasteiger partial charge < -0.3 is 10.4 Å². The predicted molar refractivity (Wildman–Crippen MR) is 85.3 cm³/mol. The van der Waals surface area contributed by atoms with Gasteiger partial charge in [0.05, 0.1) is 11.3 Å². The van der Waals surface area contributed by atoms with Crippen LogP contribution in [0.1, 0.15) is 22.7 Å². The quantitative estimate of drug-likeness (QED) is 0.793. The summed E-state index contributed by atoms with van der Waals surface area (Å²) in [5, 5.41) is 12.1. The van der Waals surface area contributed by atoms with Crippen molar-refractivity contribution in [2.24, 2.45) is 4.99 Å². The van der Waals surface area contributed by atoms with Crippen molar-refractivity contribution in [1.29, 1.82) is 0 Å². The molecule has 0 bridgehead atoms. The number of amidine groups is 1. The van der Waals surface area contributed by atoms with Gasteiger partial charge in [-0.3, -0.25) is 0 Å². The summed E-state index contributed by atoms with van der Waals surface area (Å²) in [4.78, 5) is 15.7. The number of hydrogen-bond donors (Lipinski definition) is 2.